The number of halogens is 1. The largest absolute Gasteiger partial charge is 0.351 e. The van der Waals surface area contributed by atoms with Gasteiger partial charge in [-0.25, -0.2) is 4.39 Å². The second-order valence-electron chi connectivity index (χ2n) is 7.45. The average molecular weight is 392 g/mol. The molecule has 0 radical (unpaired) electrons. The lowest BCUT2D eigenvalue weighted by atomic mass is 10.1. The van der Waals surface area contributed by atoms with E-state index in [2.05, 4.69) is 20.1 Å². The Kier molecular flexibility index (Phi) is 6.12. The first-order chi connectivity index (χ1) is 14.2. The first-order valence-electron chi connectivity index (χ1n) is 9.96. The van der Waals surface area contributed by atoms with E-state index in [0.717, 1.165) is 48.2 Å². The van der Waals surface area contributed by atoms with Crippen LogP contribution >= 0.6 is 0 Å². The number of carbonyl (C=O) groups excluding carboxylic acids is 1. The normalized spacial score (nSPS) is 15.5. The van der Waals surface area contributed by atoms with Gasteiger partial charge in [0.05, 0.1) is 12.1 Å². The van der Waals surface area contributed by atoms with Crippen molar-refractivity contribution in [1.29, 1.82) is 0 Å². The molecule has 0 spiro atoms. The van der Waals surface area contributed by atoms with E-state index in [1.54, 1.807) is 12.3 Å². The summed E-state index contributed by atoms with van der Waals surface area (Å²) in [7, 11) is 0. The van der Waals surface area contributed by atoms with Crippen molar-refractivity contribution >= 4 is 16.8 Å². The van der Waals surface area contributed by atoms with Crippen LogP contribution in [0.25, 0.3) is 10.9 Å². The molecule has 1 fully saturated rings. The minimum atomic E-state index is -0.228. The van der Waals surface area contributed by atoms with Crippen LogP contribution in [-0.4, -0.2) is 53.4 Å². The standard InChI is InChI=1S/C23H25FN4O/c24-21-13-19-7-4-8-25-23(19)20(14-21)16-27-9-11-28(12-10-27)17-22(29)26-15-18-5-2-1-3-6-18/h1-8,13-14H,9-12,15-17H2,(H,26,29). The van der Waals surface area contributed by atoms with Gasteiger partial charge in [0, 0.05) is 50.9 Å². The summed E-state index contributed by atoms with van der Waals surface area (Å²) in [6, 6.07) is 16.7. The number of amides is 1. The van der Waals surface area contributed by atoms with Gasteiger partial charge in [-0.3, -0.25) is 19.6 Å². The van der Waals surface area contributed by atoms with Crippen LogP contribution in [0, 0.1) is 5.82 Å². The van der Waals surface area contributed by atoms with Crippen molar-refractivity contribution in [2.75, 3.05) is 32.7 Å². The van der Waals surface area contributed by atoms with Gasteiger partial charge >= 0.3 is 0 Å². The number of benzene rings is 2. The minimum Gasteiger partial charge on any atom is -0.351 e. The van der Waals surface area contributed by atoms with E-state index in [1.807, 2.05) is 42.5 Å². The van der Waals surface area contributed by atoms with Crippen molar-refractivity contribution in [2.45, 2.75) is 13.1 Å². The van der Waals surface area contributed by atoms with E-state index < -0.39 is 0 Å². The van der Waals surface area contributed by atoms with Crippen LogP contribution in [0.4, 0.5) is 4.39 Å². The van der Waals surface area contributed by atoms with Crippen LogP contribution in [0.5, 0.6) is 0 Å². The molecule has 3 aromatic rings. The number of fused-ring (bicyclic) bond motifs is 1. The molecule has 0 saturated carbocycles. The molecule has 1 amide bonds. The van der Waals surface area contributed by atoms with Crippen LogP contribution in [0.3, 0.4) is 0 Å². The quantitative estimate of drug-likeness (QED) is 0.701. The van der Waals surface area contributed by atoms with Gasteiger partial charge in [-0.1, -0.05) is 36.4 Å². The van der Waals surface area contributed by atoms with Crippen LogP contribution in [-0.2, 0) is 17.9 Å². The van der Waals surface area contributed by atoms with Crippen molar-refractivity contribution in [1.82, 2.24) is 20.1 Å². The van der Waals surface area contributed by atoms with E-state index in [-0.39, 0.29) is 11.7 Å². The van der Waals surface area contributed by atoms with Gasteiger partial charge in [0.25, 0.3) is 0 Å². The number of carbonyl (C=O) groups is 1. The zero-order chi connectivity index (χ0) is 20.1. The lowest BCUT2D eigenvalue weighted by molar-refractivity contribution is -0.122. The smallest absolute Gasteiger partial charge is 0.234 e. The molecule has 5 nitrogen and oxygen atoms in total. The molecule has 0 atom stereocenters. The molecule has 0 aliphatic carbocycles. The maximum absolute atomic E-state index is 14.0. The molecule has 6 heteroatoms. The molecule has 2 heterocycles. The predicted molar refractivity (Wildman–Crippen MR) is 112 cm³/mol. The van der Waals surface area contributed by atoms with Crippen molar-refractivity contribution in [3.8, 4) is 0 Å². The van der Waals surface area contributed by atoms with E-state index in [4.69, 9.17) is 0 Å². The minimum absolute atomic E-state index is 0.0441. The fourth-order valence-electron chi connectivity index (χ4n) is 3.75. The van der Waals surface area contributed by atoms with Crippen LogP contribution in [0.1, 0.15) is 11.1 Å². The van der Waals surface area contributed by atoms with E-state index >= 15 is 0 Å². The highest BCUT2D eigenvalue weighted by molar-refractivity contribution is 5.81. The summed E-state index contributed by atoms with van der Waals surface area (Å²) < 4.78 is 14.0. The van der Waals surface area contributed by atoms with Crippen LogP contribution in [0.2, 0.25) is 0 Å². The van der Waals surface area contributed by atoms with Gasteiger partial charge in [0.15, 0.2) is 0 Å². The Labute approximate surface area is 170 Å². The predicted octanol–water partition coefficient (Wildman–Crippen LogP) is 2.81. The topological polar surface area (TPSA) is 48.5 Å². The Morgan fingerprint density at radius 2 is 1.76 bits per heavy atom. The zero-order valence-electron chi connectivity index (χ0n) is 16.4. The molecule has 1 aliphatic rings. The molecule has 1 N–H and O–H groups in total. The van der Waals surface area contributed by atoms with E-state index in [1.165, 1.54) is 6.07 Å². The number of rotatable bonds is 6. The van der Waals surface area contributed by atoms with Gasteiger partial charge in [-0.15, -0.1) is 0 Å². The van der Waals surface area contributed by atoms with Crippen LogP contribution < -0.4 is 5.32 Å². The Bertz CT molecular complexity index is 971. The monoisotopic (exact) mass is 392 g/mol. The molecule has 150 valence electrons. The van der Waals surface area contributed by atoms with E-state index in [0.29, 0.717) is 19.6 Å². The third kappa shape index (κ3) is 5.16. The van der Waals surface area contributed by atoms with Gasteiger partial charge in [-0.05, 0) is 29.3 Å². The summed E-state index contributed by atoms with van der Waals surface area (Å²) in [4.78, 5) is 21.1. The summed E-state index contributed by atoms with van der Waals surface area (Å²) in [5, 5.41) is 3.81. The number of aromatic nitrogens is 1. The van der Waals surface area contributed by atoms with Gasteiger partial charge in [0.2, 0.25) is 5.91 Å². The average Bonchev–Trinajstić information content (AvgIpc) is 2.74. The molecule has 0 unspecified atom stereocenters. The second-order valence-corrected chi connectivity index (χ2v) is 7.45. The SMILES string of the molecule is O=C(CN1CCN(Cc2cc(F)cc3cccnc23)CC1)NCc1ccccc1. The number of pyridine rings is 1. The highest BCUT2D eigenvalue weighted by Gasteiger charge is 2.20. The van der Waals surface area contributed by atoms with Gasteiger partial charge in [-0.2, -0.15) is 0 Å². The zero-order valence-corrected chi connectivity index (χ0v) is 16.4. The molecule has 0 bridgehead atoms. The van der Waals surface area contributed by atoms with E-state index in [9.17, 15) is 9.18 Å². The Balaban J connectivity index is 1.27. The molecular weight excluding hydrogens is 367 g/mol. The first kappa shape index (κ1) is 19.5. The lowest BCUT2D eigenvalue weighted by Gasteiger charge is -2.34. The maximum atomic E-state index is 14.0. The molecule has 29 heavy (non-hydrogen) atoms. The molecule has 4 rings (SSSR count). The molecular formula is C23H25FN4O. The molecule has 1 aliphatic heterocycles. The number of hydrogen-bond donors (Lipinski definition) is 1. The summed E-state index contributed by atoms with van der Waals surface area (Å²) in [6.07, 6.45) is 1.75. The Morgan fingerprint density at radius 1 is 1.00 bits per heavy atom. The first-order valence-corrected chi connectivity index (χ1v) is 9.96. The molecule has 1 saturated heterocycles. The van der Waals surface area contributed by atoms with Crippen molar-refractivity contribution in [3.05, 3.63) is 77.7 Å². The Morgan fingerprint density at radius 3 is 2.55 bits per heavy atom. The second kappa shape index (κ2) is 9.11. The summed E-state index contributed by atoms with van der Waals surface area (Å²) >= 11 is 0. The number of nitrogens with one attached hydrogen (secondary N) is 1. The summed E-state index contributed by atoms with van der Waals surface area (Å²) in [5.41, 5.74) is 2.87. The lowest BCUT2D eigenvalue weighted by Crippen LogP contribution is -2.49. The fourth-order valence-corrected chi connectivity index (χ4v) is 3.75. The maximum Gasteiger partial charge on any atom is 0.234 e. The third-order valence-electron chi connectivity index (χ3n) is 5.31. The van der Waals surface area contributed by atoms with Crippen LogP contribution in [0.15, 0.2) is 60.8 Å². The number of piperazine rings is 1. The molecule has 2 aromatic carbocycles. The summed E-state index contributed by atoms with van der Waals surface area (Å²) in [6.45, 7) is 4.95. The number of nitrogens with zero attached hydrogens (tertiary/aromatic N) is 3. The molecule has 1 aromatic heterocycles. The van der Waals surface area contributed by atoms with Gasteiger partial charge in [0.1, 0.15) is 5.82 Å². The fraction of sp³-hybridized carbons (Fsp3) is 0.304. The highest BCUT2D eigenvalue weighted by atomic mass is 19.1. The Hall–Kier alpha value is -2.83. The van der Waals surface area contributed by atoms with Gasteiger partial charge < -0.3 is 5.32 Å². The summed E-state index contributed by atoms with van der Waals surface area (Å²) in [5.74, 6) is -0.183. The third-order valence-corrected chi connectivity index (χ3v) is 5.31. The van der Waals surface area contributed by atoms with Crippen molar-refractivity contribution < 1.29 is 9.18 Å². The number of hydrogen-bond acceptors (Lipinski definition) is 4. The van der Waals surface area contributed by atoms with Crippen molar-refractivity contribution in [3.63, 3.8) is 0 Å². The van der Waals surface area contributed by atoms with Crippen molar-refractivity contribution in [2.24, 2.45) is 0 Å². The highest BCUT2D eigenvalue weighted by Crippen LogP contribution is 2.20.